The molecule has 4 rings (SSSR count). The molecule has 0 spiro atoms. The second kappa shape index (κ2) is 7.49. The third kappa shape index (κ3) is 3.08. The molecule has 0 N–H and O–H groups in total. The van der Waals surface area contributed by atoms with Crippen molar-refractivity contribution in [1.29, 1.82) is 0 Å². The molecule has 3 atom stereocenters. The maximum Gasteiger partial charge on any atom is 0.160 e. The summed E-state index contributed by atoms with van der Waals surface area (Å²) in [5.41, 5.74) is 2.08. The highest BCUT2D eigenvalue weighted by Gasteiger charge is 2.46. The first-order valence-corrected chi connectivity index (χ1v) is 10.4. The van der Waals surface area contributed by atoms with Crippen LogP contribution in [0.3, 0.4) is 0 Å². The van der Waals surface area contributed by atoms with E-state index >= 15 is 0 Å². The van der Waals surface area contributed by atoms with Gasteiger partial charge < -0.3 is 9.64 Å². The van der Waals surface area contributed by atoms with Crippen molar-refractivity contribution in [3.05, 3.63) is 58.9 Å². The topological polar surface area (TPSA) is 37.7 Å². The van der Waals surface area contributed by atoms with E-state index in [0.717, 1.165) is 39.4 Å². The third-order valence-electron chi connectivity index (χ3n) is 4.92. The van der Waals surface area contributed by atoms with Gasteiger partial charge in [-0.25, -0.2) is 0 Å². The van der Waals surface area contributed by atoms with Crippen molar-refractivity contribution in [3.8, 4) is 5.75 Å². The number of halogens is 1. The second-order valence-electron chi connectivity index (χ2n) is 6.45. The van der Waals surface area contributed by atoms with Gasteiger partial charge in [0.1, 0.15) is 11.8 Å². The molecule has 2 aliphatic rings. The summed E-state index contributed by atoms with van der Waals surface area (Å²) in [6, 6.07) is 12.4. The Kier molecular flexibility index (Phi) is 5.09. The Hall–Kier alpha value is -1.72. The van der Waals surface area contributed by atoms with Crippen LogP contribution >= 0.6 is 23.4 Å². The normalized spacial score (nSPS) is 24.5. The number of ether oxygens (including phenoxy) is 1. The summed E-state index contributed by atoms with van der Waals surface area (Å²) in [4.78, 5) is 12.1. The molecule has 3 heterocycles. The Morgan fingerprint density at radius 1 is 1.27 bits per heavy atom. The van der Waals surface area contributed by atoms with E-state index in [9.17, 15) is 0 Å². The van der Waals surface area contributed by atoms with Gasteiger partial charge in [-0.05, 0) is 43.7 Å². The first kappa shape index (κ1) is 17.7. The van der Waals surface area contributed by atoms with Gasteiger partial charge in [0.25, 0.3) is 0 Å². The quantitative estimate of drug-likeness (QED) is 0.714. The molecule has 6 heteroatoms. The van der Waals surface area contributed by atoms with E-state index < -0.39 is 0 Å². The monoisotopic (exact) mass is 387 g/mol. The van der Waals surface area contributed by atoms with Crippen LogP contribution in [0, 0.1) is 0 Å². The molecule has 1 aromatic carbocycles. The molecule has 0 unspecified atom stereocenters. The summed E-state index contributed by atoms with van der Waals surface area (Å²) in [7, 11) is 0. The van der Waals surface area contributed by atoms with Crippen molar-refractivity contribution >= 4 is 28.5 Å². The Morgan fingerprint density at radius 3 is 2.88 bits per heavy atom. The minimum atomic E-state index is -0.0503. The predicted octanol–water partition coefficient (Wildman–Crippen LogP) is 5.11. The molecule has 1 saturated heterocycles. The lowest BCUT2D eigenvalue weighted by Gasteiger charge is -2.32. The summed E-state index contributed by atoms with van der Waals surface area (Å²) in [5, 5.41) is 1.83. The molecule has 26 heavy (non-hydrogen) atoms. The lowest BCUT2D eigenvalue weighted by molar-refractivity contribution is 0.245. The van der Waals surface area contributed by atoms with Gasteiger partial charge in [-0.15, -0.1) is 0 Å². The zero-order valence-electron chi connectivity index (χ0n) is 14.9. The van der Waals surface area contributed by atoms with Gasteiger partial charge in [-0.3, -0.25) is 9.98 Å². The maximum absolute atomic E-state index is 6.37. The molecule has 0 radical (unpaired) electrons. The molecule has 1 aromatic heterocycles. The molecule has 2 aliphatic heterocycles. The van der Waals surface area contributed by atoms with E-state index in [2.05, 4.69) is 22.9 Å². The van der Waals surface area contributed by atoms with Gasteiger partial charge in [-0.2, -0.15) is 0 Å². The maximum atomic E-state index is 6.37. The summed E-state index contributed by atoms with van der Waals surface area (Å²) < 4.78 is 5.94. The van der Waals surface area contributed by atoms with Crippen LogP contribution < -0.4 is 4.74 Å². The van der Waals surface area contributed by atoms with Crippen LogP contribution in [0.25, 0.3) is 0 Å². The van der Waals surface area contributed by atoms with Crippen LogP contribution in [-0.2, 0) is 0 Å². The highest BCUT2D eigenvalue weighted by Crippen LogP contribution is 2.50. The average Bonchev–Trinajstić information content (AvgIpc) is 3.23. The minimum absolute atomic E-state index is 0.0503. The number of rotatable bonds is 5. The van der Waals surface area contributed by atoms with Crippen molar-refractivity contribution in [2.24, 2.45) is 4.99 Å². The van der Waals surface area contributed by atoms with Gasteiger partial charge in [-0.1, -0.05) is 36.4 Å². The second-order valence-corrected chi connectivity index (χ2v) is 7.88. The number of aromatic nitrogens is 1. The smallest absolute Gasteiger partial charge is 0.160 e. The molecule has 1 fully saturated rings. The zero-order valence-corrected chi connectivity index (χ0v) is 16.5. The third-order valence-corrected chi connectivity index (χ3v) is 6.28. The first-order chi connectivity index (χ1) is 12.7. The fourth-order valence-corrected chi connectivity index (χ4v) is 5.24. The summed E-state index contributed by atoms with van der Waals surface area (Å²) >= 11 is 8.21. The van der Waals surface area contributed by atoms with E-state index in [4.69, 9.17) is 21.3 Å². The summed E-state index contributed by atoms with van der Waals surface area (Å²) in [6.07, 6.45) is 2.92. The summed E-state index contributed by atoms with van der Waals surface area (Å²) in [6.45, 7) is 4.86. The van der Waals surface area contributed by atoms with Gasteiger partial charge in [0.05, 0.1) is 18.3 Å². The van der Waals surface area contributed by atoms with E-state index in [1.807, 2.05) is 55.2 Å². The number of aliphatic imine (C=N–C) groups is 1. The van der Waals surface area contributed by atoms with Crippen molar-refractivity contribution in [1.82, 2.24) is 9.88 Å². The molecule has 0 aliphatic carbocycles. The predicted molar refractivity (Wildman–Crippen MR) is 108 cm³/mol. The molecule has 0 bridgehead atoms. The number of fused-ring (bicyclic) bond motifs is 1. The number of hydrogen-bond donors (Lipinski definition) is 0. The van der Waals surface area contributed by atoms with Crippen molar-refractivity contribution in [2.75, 3.05) is 12.4 Å². The number of benzene rings is 1. The van der Waals surface area contributed by atoms with Crippen LogP contribution in [0.4, 0.5) is 0 Å². The van der Waals surface area contributed by atoms with E-state index in [0.29, 0.717) is 12.6 Å². The average molecular weight is 388 g/mol. The molecular formula is C20H22ClN3OS. The standard InChI is InChI=1S/C20H22ClN3OS/c1-3-14-12-26-20-23-18(16-7-5-6-10-22-16)19(24(14)20)15-11-13(21)8-9-17(15)25-4-2/h5-11,14,18-19H,3-4,12H2,1-2H3/t14-,18-,19-/m1/s1. The Balaban J connectivity index is 1.84. The van der Waals surface area contributed by atoms with Crippen LogP contribution in [-0.4, -0.2) is 33.5 Å². The zero-order chi connectivity index (χ0) is 18.1. The number of amidine groups is 1. The van der Waals surface area contributed by atoms with E-state index in [1.54, 1.807) is 0 Å². The van der Waals surface area contributed by atoms with E-state index in [1.165, 1.54) is 0 Å². The molecule has 0 saturated carbocycles. The lowest BCUT2D eigenvalue weighted by Crippen LogP contribution is -2.35. The molecule has 4 nitrogen and oxygen atoms in total. The van der Waals surface area contributed by atoms with Crippen molar-refractivity contribution < 1.29 is 4.74 Å². The van der Waals surface area contributed by atoms with Crippen LogP contribution in [0.2, 0.25) is 5.02 Å². The van der Waals surface area contributed by atoms with Gasteiger partial charge >= 0.3 is 0 Å². The molecule has 136 valence electrons. The Bertz CT molecular complexity index is 814. The van der Waals surface area contributed by atoms with Crippen LogP contribution in [0.1, 0.15) is 43.6 Å². The van der Waals surface area contributed by atoms with Crippen LogP contribution in [0.15, 0.2) is 47.6 Å². The Morgan fingerprint density at radius 2 is 2.15 bits per heavy atom. The minimum Gasteiger partial charge on any atom is -0.494 e. The molecular weight excluding hydrogens is 366 g/mol. The summed E-state index contributed by atoms with van der Waals surface area (Å²) in [5.74, 6) is 1.96. The van der Waals surface area contributed by atoms with Gasteiger partial charge in [0, 0.05) is 28.6 Å². The SMILES string of the molecule is CCOc1ccc(Cl)cc1[C@@H]1[C@@H](c2ccccn2)N=C2SC[C@@H](CC)N21. The molecule has 0 amide bonds. The largest absolute Gasteiger partial charge is 0.494 e. The molecule has 2 aromatic rings. The van der Waals surface area contributed by atoms with Crippen molar-refractivity contribution in [2.45, 2.75) is 38.4 Å². The number of pyridine rings is 1. The fraction of sp³-hybridized carbons (Fsp3) is 0.400. The number of nitrogens with zero attached hydrogens (tertiary/aromatic N) is 3. The van der Waals surface area contributed by atoms with Crippen LogP contribution in [0.5, 0.6) is 5.75 Å². The lowest BCUT2D eigenvalue weighted by atomic mass is 9.94. The van der Waals surface area contributed by atoms with E-state index in [-0.39, 0.29) is 12.1 Å². The highest BCUT2D eigenvalue weighted by atomic mass is 35.5. The fourth-order valence-electron chi connectivity index (χ4n) is 3.72. The van der Waals surface area contributed by atoms with Gasteiger partial charge in [0.2, 0.25) is 0 Å². The number of thioether (sulfide) groups is 1. The number of hydrogen-bond acceptors (Lipinski definition) is 5. The highest BCUT2D eigenvalue weighted by molar-refractivity contribution is 8.14. The Labute approximate surface area is 163 Å². The van der Waals surface area contributed by atoms with Crippen molar-refractivity contribution in [3.63, 3.8) is 0 Å². The first-order valence-electron chi connectivity index (χ1n) is 9.05. The van der Waals surface area contributed by atoms with Gasteiger partial charge in [0.15, 0.2) is 5.17 Å².